The Labute approximate surface area is 244 Å². The molecule has 8 heteroatoms. The van der Waals surface area contributed by atoms with Gasteiger partial charge in [-0.3, -0.25) is 4.90 Å². The van der Waals surface area contributed by atoms with Gasteiger partial charge < -0.3 is 38.1 Å². The molecule has 0 spiro atoms. The quantitative estimate of drug-likeness (QED) is 0.0731. The summed E-state index contributed by atoms with van der Waals surface area (Å²) >= 11 is 0. The molecule has 8 nitrogen and oxygen atoms in total. The van der Waals surface area contributed by atoms with E-state index in [0.29, 0.717) is 0 Å². The smallest absolute Gasteiger partial charge is 0.0869 e. The SMILES string of the molecule is CC(C)(C)NCCCCCC(CCCCCNCCN(CC[NH3+])CCNCCNC(C)(C)C)CCNCC[NH3+]. The average molecular weight is 559 g/mol. The van der Waals surface area contributed by atoms with Crippen LogP contribution in [0.4, 0.5) is 0 Å². The third kappa shape index (κ3) is 30.5. The van der Waals surface area contributed by atoms with E-state index in [1.165, 1.54) is 57.8 Å². The number of nitrogens with zero attached hydrogens (tertiary/aromatic N) is 1. The maximum absolute atomic E-state index is 4.07. The van der Waals surface area contributed by atoms with E-state index in [9.17, 15) is 0 Å². The molecule has 0 aromatic rings. The molecule has 0 aliphatic carbocycles. The van der Waals surface area contributed by atoms with E-state index in [1.807, 2.05) is 0 Å². The van der Waals surface area contributed by atoms with Gasteiger partial charge >= 0.3 is 0 Å². The molecule has 0 saturated heterocycles. The lowest BCUT2D eigenvalue weighted by Gasteiger charge is -2.22. The summed E-state index contributed by atoms with van der Waals surface area (Å²) in [6.07, 6.45) is 12.1. The molecule has 0 radical (unpaired) electrons. The number of hydrogen-bond acceptors (Lipinski definition) is 6. The van der Waals surface area contributed by atoms with Crippen LogP contribution in [0.15, 0.2) is 0 Å². The summed E-state index contributed by atoms with van der Waals surface area (Å²) in [5.41, 5.74) is 8.46. The van der Waals surface area contributed by atoms with Crippen molar-refractivity contribution in [2.24, 2.45) is 5.92 Å². The first-order chi connectivity index (χ1) is 18.6. The van der Waals surface area contributed by atoms with Gasteiger partial charge in [-0.2, -0.15) is 0 Å². The second kappa shape index (κ2) is 25.4. The number of nitrogens with one attached hydrogen (secondary N) is 5. The highest BCUT2D eigenvalue weighted by Crippen LogP contribution is 2.20. The van der Waals surface area contributed by atoms with Crippen molar-refractivity contribution in [1.82, 2.24) is 31.5 Å². The summed E-state index contributed by atoms with van der Waals surface area (Å²) in [6, 6.07) is 0. The van der Waals surface area contributed by atoms with Gasteiger partial charge in [0.1, 0.15) is 0 Å². The second-order valence-electron chi connectivity index (χ2n) is 13.5. The molecule has 0 aromatic heterocycles. The molecular weight excluding hydrogens is 484 g/mol. The zero-order valence-corrected chi connectivity index (χ0v) is 27.5. The monoisotopic (exact) mass is 559 g/mol. The Morgan fingerprint density at radius 2 is 1.03 bits per heavy atom. The predicted octanol–water partition coefficient (Wildman–Crippen LogP) is 1.44. The van der Waals surface area contributed by atoms with E-state index in [-0.39, 0.29) is 11.1 Å². The molecule has 0 heterocycles. The summed E-state index contributed by atoms with van der Waals surface area (Å²) in [5.74, 6) is 0.875. The Hall–Kier alpha value is -0.320. The molecular formula is C31H74N8+2. The van der Waals surface area contributed by atoms with Crippen LogP contribution in [0.5, 0.6) is 0 Å². The summed E-state index contributed by atoms with van der Waals surface area (Å²) < 4.78 is 0. The number of hydrogen-bond donors (Lipinski definition) is 7. The van der Waals surface area contributed by atoms with Crippen molar-refractivity contribution in [3.8, 4) is 0 Å². The van der Waals surface area contributed by atoms with Crippen LogP contribution in [0, 0.1) is 5.92 Å². The lowest BCUT2D eigenvalue weighted by Crippen LogP contribution is -2.56. The standard InChI is InChI=1S/C31H72N8/c1-30(2,3)37-19-12-8-10-14-29(15-20-35-21-16-32)13-9-7-11-18-34-24-27-39(26-17-33)28-25-36-22-23-38-31(4,5)6/h29,34-38H,7-28,32-33H2,1-6H3/p+2. The van der Waals surface area contributed by atoms with Crippen molar-refractivity contribution < 1.29 is 11.5 Å². The Bertz CT molecular complexity index is 504. The molecule has 11 N–H and O–H groups in total. The Morgan fingerprint density at radius 3 is 1.59 bits per heavy atom. The fraction of sp³-hybridized carbons (Fsp3) is 1.00. The van der Waals surface area contributed by atoms with E-state index >= 15 is 0 Å². The van der Waals surface area contributed by atoms with Crippen LogP contribution in [0.2, 0.25) is 0 Å². The van der Waals surface area contributed by atoms with Gasteiger partial charge in [-0.1, -0.05) is 38.5 Å². The summed E-state index contributed by atoms with van der Waals surface area (Å²) in [6.45, 7) is 27.3. The first kappa shape index (κ1) is 38.7. The van der Waals surface area contributed by atoms with Gasteiger partial charge in [0, 0.05) is 63.4 Å². The fourth-order valence-electron chi connectivity index (χ4n) is 4.86. The highest BCUT2D eigenvalue weighted by atomic mass is 15.2. The van der Waals surface area contributed by atoms with Crippen LogP contribution in [0.25, 0.3) is 0 Å². The van der Waals surface area contributed by atoms with Crippen LogP contribution in [0.1, 0.15) is 99.3 Å². The van der Waals surface area contributed by atoms with E-state index < -0.39 is 0 Å². The predicted molar refractivity (Wildman–Crippen MR) is 171 cm³/mol. The maximum atomic E-state index is 4.07. The van der Waals surface area contributed by atoms with Gasteiger partial charge in [0.05, 0.1) is 13.1 Å². The minimum atomic E-state index is 0.197. The third-order valence-electron chi connectivity index (χ3n) is 7.13. The van der Waals surface area contributed by atoms with E-state index in [1.54, 1.807) is 0 Å². The van der Waals surface area contributed by atoms with Crippen molar-refractivity contribution in [1.29, 1.82) is 0 Å². The lowest BCUT2D eigenvalue weighted by molar-refractivity contribution is -0.368. The van der Waals surface area contributed by atoms with Crippen LogP contribution >= 0.6 is 0 Å². The number of rotatable bonds is 28. The van der Waals surface area contributed by atoms with Gasteiger partial charge in [0.2, 0.25) is 0 Å². The normalized spacial score (nSPS) is 13.5. The Kier molecular flexibility index (Phi) is 25.2. The zero-order chi connectivity index (χ0) is 29.2. The summed E-state index contributed by atoms with van der Waals surface area (Å²) in [5, 5.41) is 18.0. The van der Waals surface area contributed by atoms with Crippen molar-refractivity contribution in [3.05, 3.63) is 0 Å². The Balaban J connectivity index is 3.95. The molecule has 0 aliphatic rings. The Morgan fingerprint density at radius 1 is 0.487 bits per heavy atom. The molecule has 39 heavy (non-hydrogen) atoms. The summed E-state index contributed by atoms with van der Waals surface area (Å²) in [4.78, 5) is 2.54. The minimum absolute atomic E-state index is 0.197. The molecule has 0 saturated carbocycles. The van der Waals surface area contributed by atoms with E-state index in [4.69, 9.17) is 0 Å². The largest absolute Gasteiger partial charge is 0.357 e. The number of unbranched alkanes of at least 4 members (excludes halogenated alkanes) is 4. The second-order valence-corrected chi connectivity index (χ2v) is 13.5. The summed E-state index contributed by atoms with van der Waals surface area (Å²) in [7, 11) is 0. The lowest BCUT2D eigenvalue weighted by atomic mass is 9.92. The fourth-order valence-corrected chi connectivity index (χ4v) is 4.86. The first-order valence-electron chi connectivity index (χ1n) is 16.5. The van der Waals surface area contributed by atoms with Gasteiger partial charge in [0.15, 0.2) is 0 Å². The molecule has 0 rings (SSSR count). The minimum Gasteiger partial charge on any atom is -0.357 e. The molecule has 236 valence electrons. The van der Waals surface area contributed by atoms with Crippen LogP contribution in [-0.2, 0) is 0 Å². The molecule has 0 aliphatic heterocycles. The number of quaternary nitrogens is 2. The van der Waals surface area contributed by atoms with E-state index in [2.05, 4.69) is 84.5 Å². The van der Waals surface area contributed by atoms with E-state index in [0.717, 1.165) is 91.0 Å². The van der Waals surface area contributed by atoms with Crippen LogP contribution in [0.3, 0.4) is 0 Å². The molecule has 1 unspecified atom stereocenters. The van der Waals surface area contributed by atoms with Crippen LogP contribution in [-0.4, -0.2) is 101 Å². The highest BCUT2D eigenvalue weighted by molar-refractivity contribution is 4.71. The van der Waals surface area contributed by atoms with Gasteiger partial charge in [-0.15, -0.1) is 0 Å². The van der Waals surface area contributed by atoms with Crippen molar-refractivity contribution in [2.75, 3.05) is 85.1 Å². The molecule has 1 atom stereocenters. The molecule has 0 amide bonds. The molecule has 0 aromatic carbocycles. The van der Waals surface area contributed by atoms with Gasteiger partial charge in [-0.25, -0.2) is 0 Å². The van der Waals surface area contributed by atoms with Crippen molar-refractivity contribution in [3.63, 3.8) is 0 Å². The topological polar surface area (TPSA) is 119 Å². The van der Waals surface area contributed by atoms with Crippen molar-refractivity contribution in [2.45, 2.75) is 110 Å². The molecule has 0 fully saturated rings. The zero-order valence-electron chi connectivity index (χ0n) is 27.5. The maximum Gasteiger partial charge on any atom is 0.0869 e. The highest BCUT2D eigenvalue weighted by Gasteiger charge is 2.11. The third-order valence-corrected chi connectivity index (χ3v) is 7.13. The molecule has 0 bridgehead atoms. The van der Waals surface area contributed by atoms with Gasteiger partial charge in [-0.05, 0) is 86.4 Å². The van der Waals surface area contributed by atoms with Gasteiger partial charge in [0.25, 0.3) is 0 Å². The first-order valence-corrected chi connectivity index (χ1v) is 16.5. The van der Waals surface area contributed by atoms with Crippen LogP contribution < -0.4 is 38.1 Å². The van der Waals surface area contributed by atoms with Crippen molar-refractivity contribution >= 4 is 0 Å². The average Bonchev–Trinajstić information content (AvgIpc) is 2.85.